The lowest BCUT2D eigenvalue weighted by Crippen LogP contribution is -2.56. The molecule has 12 heavy (non-hydrogen) atoms. The van der Waals surface area contributed by atoms with Gasteiger partial charge in [-0.05, 0) is 12.8 Å². The molecule has 68 valence electrons. The normalized spacial score (nSPS) is 17.7. The molecule has 0 atom stereocenters. The van der Waals surface area contributed by atoms with Crippen molar-refractivity contribution in [2.45, 2.75) is 12.8 Å². The smallest absolute Gasteiger partial charge is 0.333 e. The number of hydrogen-bond acceptors (Lipinski definition) is 2. The third kappa shape index (κ3) is 1.58. The molecular formula is C6H12N4O2. The highest BCUT2D eigenvalue weighted by molar-refractivity contribution is 5.78. The van der Waals surface area contributed by atoms with Gasteiger partial charge in [-0.15, -0.1) is 0 Å². The number of urea groups is 2. The predicted octanol–water partition coefficient (Wildman–Crippen LogP) is -0.543. The van der Waals surface area contributed by atoms with Crippen molar-refractivity contribution in [3.8, 4) is 0 Å². The van der Waals surface area contributed by atoms with Gasteiger partial charge in [0.2, 0.25) is 0 Å². The standard InChI is InChI=1S/C6H12N4O2/c7-5(11)9-3-1-2-4-10(9)6(8)12/h1-4H2,(H2,7,11)(H2,8,12). The molecule has 0 aromatic carbocycles. The fourth-order valence-corrected chi connectivity index (χ4v) is 1.22. The molecule has 0 spiro atoms. The average molecular weight is 172 g/mol. The van der Waals surface area contributed by atoms with Crippen molar-refractivity contribution < 1.29 is 9.59 Å². The van der Waals surface area contributed by atoms with Gasteiger partial charge in [0.1, 0.15) is 0 Å². The van der Waals surface area contributed by atoms with E-state index in [4.69, 9.17) is 11.5 Å². The summed E-state index contributed by atoms with van der Waals surface area (Å²) in [4.78, 5) is 21.5. The molecule has 0 saturated carbocycles. The number of carbonyl (C=O) groups excluding carboxylic acids is 2. The fraction of sp³-hybridized carbons (Fsp3) is 0.667. The second kappa shape index (κ2) is 3.29. The summed E-state index contributed by atoms with van der Waals surface area (Å²) >= 11 is 0. The minimum Gasteiger partial charge on any atom is -0.350 e. The van der Waals surface area contributed by atoms with E-state index in [-0.39, 0.29) is 0 Å². The number of carbonyl (C=O) groups is 2. The largest absolute Gasteiger partial charge is 0.350 e. The maximum absolute atomic E-state index is 10.8. The molecule has 0 bridgehead atoms. The van der Waals surface area contributed by atoms with Crippen LogP contribution in [-0.2, 0) is 0 Å². The fourth-order valence-electron chi connectivity index (χ4n) is 1.22. The molecule has 4 N–H and O–H groups in total. The van der Waals surface area contributed by atoms with Crippen molar-refractivity contribution in [3.63, 3.8) is 0 Å². The van der Waals surface area contributed by atoms with Crippen molar-refractivity contribution in [2.75, 3.05) is 13.1 Å². The van der Waals surface area contributed by atoms with Crippen molar-refractivity contribution >= 4 is 12.1 Å². The van der Waals surface area contributed by atoms with Crippen molar-refractivity contribution in [3.05, 3.63) is 0 Å². The maximum atomic E-state index is 10.8. The van der Waals surface area contributed by atoms with Crippen LogP contribution < -0.4 is 11.5 Å². The summed E-state index contributed by atoms with van der Waals surface area (Å²) in [6.07, 6.45) is 1.71. The molecule has 1 aliphatic rings. The number of hydrazine groups is 1. The van der Waals surface area contributed by atoms with E-state index in [0.717, 1.165) is 12.8 Å². The summed E-state index contributed by atoms with van der Waals surface area (Å²) in [6.45, 7) is 0.941. The lowest BCUT2D eigenvalue weighted by molar-refractivity contribution is 0.0314. The number of hydrogen-bond donors (Lipinski definition) is 2. The van der Waals surface area contributed by atoms with E-state index in [0.29, 0.717) is 13.1 Å². The molecule has 4 amide bonds. The van der Waals surface area contributed by atoms with Crippen LogP contribution in [-0.4, -0.2) is 35.2 Å². The van der Waals surface area contributed by atoms with Gasteiger partial charge in [0.05, 0.1) is 0 Å². The number of nitrogens with zero attached hydrogens (tertiary/aromatic N) is 2. The van der Waals surface area contributed by atoms with E-state index < -0.39 is 12.1 Å². The Kier molecular flexibility index (Phi) is 2.37. The van der Waals surface area contributed by atoms with Gasteiger partial charge in [-0.3, -0.25) is 0 Å². The molecule has 1 heterocycles. The Morgan fingerprint density at radius 3 is 1.50 bits per heavy atom. The maximum Gasteiger partial charge on any atom is 0.333 e. The summed E-state index contributed by atoms with van der Waals surface area (Å²) in [5.41, 5.74) is 10.1. The Bertz CT molecular complexity index is 184. The molecule has 0 unspecified atom stereocenters. The Hall–Kier alpha value is -1.46. The Morgan fingerprint density at radius 2 is 1.25 bits per heavy atom. The van der Waals surface area contributed by atoms with Crippen LogP contribution in [0.1, 0.15) is 12.8 Å². The molecule has 0 radical (unpaired) electrons. The van der Waals surface area contributed by atoms with Crippen LogP contribution >= 0.6 is 0 Å². The lowest BCUT2D eigenvalue weighted by Gasteiger charge is -2.35. The molecule has 1 fully saturated rings. The van der Waals surface area contributed by atoms with Gasteiger partial charge in [-0.25, -0.2) is 19.6 Å². The zero-order chi connectivity index (χ0) is 9.14. The van der Waals surface area contributed by atoms with Gasteiger partial charge >= 0.3 is 12.1 Å². The van der Waals surface area contributed by atoms with Crippen LogP contribution in [0, 0.1) is 0 Å². The minimum atomic E-state index is -0.631. The van der Waals surface area contributed by atoms with E-state index in [1.807, 2.05) is 0 Å². The zero-order valence-corrected chi connectivity index (χ0v) is 6.69. The van der Waals surface area contributed by atoms with E-state index in [9.17, 15) is 9.59 Å². The second-order valence-electron chi connectivity index (χ2n) is 2.63. The molecule has 0 aromatic heterocycles. The van der Waals surface area contributed by atoms with Gasteiger partial charge in [-0.2, -0.15) is 0 Å². The Labute approximate surface area is 70.1 Å². The third-order valence-electron chi connectivity index (χ3n) is 1.79. The van der Waals surface area contributed by atoms with Crippen molar-refractivity contribution in [1.82, 2.24) is 10.0 Å². The molecule has 0 aliphatic carbocycles. The van der Waals surface area contributed by atoms with E-state index in [1.165, 1.54) is 10.0 Å². The topological polar surface area (TPSA) is 92.7 Å². The first-order valence-electron chi connectivity index (χ1n) is 3.77. The molecule has 1 saturated heterocycles. The van der Waals surface area contributed by atoms with Crippen LogP contribution in [0.5, 0.6) is 0 Å². The summed E-state index contributed by atoms with van der Waals surface area (Å²) in [7, 11) is 0. The highest BCUT2D eigenvalue weighted by atomic mass is 16.2. The summed E-state index contributed by atoms with van der Waals surface area (Å²) in [5, 5.41) is 2.34. The van der Waals surface area contributed by atoms with Gasteiger partial charge in [0.25, 0.3) is 0 Å². The molecule has 0 aromatic rings. The monoisotopic (exact) mass is 172 g/mol. The van der Waals surface area contributed by atoms with Crippen LogP contribution in [0.25, 0.3) is 0 Å². The Balaban J connectivity index is 2.67. The first-order chi connectivity index (χ1) is 5.63. The van der Waals surface area contributed by atoms with Gasteiger partial charge in [0.15, 0.2) is 0 Å². The van der Waals surface area contributed by atoms with Crippen molar-refractivity contribution in [2.24, 2.45) is 11.5 Å². The second-order valence-corrected chi connectivity index (χ2v) is 2.63. The first-order valence-corrected chi connectivity index (χ1v) is 3.77. The number of primary amides is 2. The highest BCUT2D eigenvalue weighted by Gasteiger charge is 2.24. The van der Waals surface area contributed by atoms with Crippen LogP contribution in [0.2, 0.25) is 0 Å². The van der Waals surface area contributed by atoms with E-state index in [2.05, 4.69) is 0 Å². The summed E-state index contributed by atoms with van der Waals surface area (Å²) in [5.74, 6) is 0. The molecular weight excluding hydrogens is 160 g/mol. The molecule has 6 heteroatoms. The minimum absolute atomic E-state index is 0.471. The SMILES string of the molecule is NC(=O)N1CCCCN1C(N)=O. The lowest BCUT2D eigenvalue weighted by atomic mass is 10.2. The highest BCUT2D eigenvalue weighted by Crippen LogP contribution is 2.09. The van der Waals surface area contributed by atoms with Crippen LogP contribution in [0.3, 0.4) is 0 Å². The average Bonchev–Trinajstić information content (AvgIpc) is 2.04. The van der Waals surface area contributed by atoms with E-state index in [1.54, 1.807) is 0 Å². The van der Waals surface area contributed by atoms with Gasteiger partial charge in [-0.1, -0.05) is 0 Å². The number of amides is 4. The number of nitrogens with two attached hydrogens (primary N) is 2. The number of rotatable bonds is 0. The van der Waals surface area contributed by atoms with Crippen LogP contribution in [0.15, 0.2) is 0 Å². The summed E-state index contributed by atoms with van der Waals surface area (Å²) in [6, 6.07) is -1.26. The quantitative estimate of drug-likeness (QED) is 0.513. The zero-order valence-electron chi connectivity index (χ0n) is 6.69. The van der Waals surface area contributed by atoms with Crippen molar-refractivity contribution in [1.29, 1.82) is 0 Å². The predicted molar refractivity (Wildman–Crippen MR) is 41.8 cm³/mol. The molecule has 1 aliphatic heterocycles. The third-order valence-corrected chi connectivity index (χ3v) is 1.79. The van der Waals surface area contributed by atoms with Gasteiger partial charge < -0.3 is 11.5 Å². The first kappa shape index (κ1) is 8.63. The molecule has 1 rings (SSSR count). The van der Waals surface area contributed by atoms with E-state index >= 15 is 0 Å². The van der Waals surface area contributed by atoms with Gasteiger partial charge in [0, 0.05) is 13.1 Å². The Morgan fingerprint density at radius 1 is 0.917 bits per heavy atom. The van der Waals surface area contributed by atoms with Crippen LogP contribution in [0.4, 0.5) is 9.59 Å². The summed E-state index contributed by atoms with van der Waals surface area (Å²) < 4.78 is 0. The molecule has 6 nitrogen and oxygen atoms in total.